The monoisotopic (exact) mass is 397 g/mol. The number of esters is 1. The smallest absolute Gasteiger partial charge is 0.344 e. The van der Waals surface area contributed by atoms with Gasteiger partial charge in [-0.15, -0.1) is 0 Å². The van der Waals surface area contributed by atoms with Gasteiger partial charge in [0, 0.05) is 5.69 Å². The fraction of sp³-hybridized carbons (Fsp3) is 0.417. The van der Waals surface area contributed by atoms with Crippen LogP contribution in [-0.4, -0.2) is 25.1 Å². The highest BCUT2D eigenvalue weighted by Gasteiger charge is 2.17. The molecule has 5 heteroatoms. The third-order valence-electron chi connectivity index (χ3n) is 4.69. The van der Waals surface area contributed by atoms with Crippen molar-refractivity contribution >= 4 is 17.6 Å². The second-order valence-corrected chi connectivity index (χ2v) is 7.89. The van der Waals surface area contributed by atoms with Crippen LogP contribution in [0.1, 0.15) is 61.8 Å². The van der Waals surface area contributed by atoms with Crippen LogP contribution in [0.4, 0.5) is 5.69 Å². The molecular weight excluding hydrogens is 366 g/mol. The molecule has 0 saturated carbocycles. The summed E-state index contributed by atoms with van der Waals surface area (Å²) >= 11 is 0. The average Bonchev–Trinajstić information content (AvgIpc) is 2.66. The Morgan fingerprint density at radius 2 is 1.55 bits per heavy atom. The van der Waals surface area contributed by atoms with Gasteiger partial charge < -0.3 is 14.8 Å². The van der Waals surface area contributed by atoms with Crippen LogP contribution in [0.3, 0.4) is 0 Å². The lowest BCUT2D eigenvalue weighted by molar-refractivity contribution is -0.149. The lowest BCUT2D eigenvalue weighted by Crippen LogP contribution is -2.25. The van der Waals surface area contributed by atoms with Crippen LogP contribution in [0, 0.1) is 13.8 Å². The fourth-order valence-corrected chi connectivity index (χ4v) is 3.06. The van der Waals surface area contributed by atoms with Gasteiger partial charge in [0.05, 0.1) is 0 Å². The summed E-state index contributed by atoms with van der Waals surface area (Å²) in [4.78, 5) is 24.4. The Morgan fingerprint density at radius 3 is 2.14 bits per heavy atom. The number of nitrogens with one attached hydrogen (secondary N) is 1. The first-order valence-corrected chi connectivity index (χ1v) is 9.97. The topological polar surface area (TPSA) is 64.6 Å². The lowest BCUT2D eigenvalue weighted by Gasteiger charge is -2.20. The molecule has 0 aromatic heterocycles. The van der Waals surface area contributed by atoms with Crippen molar-refractivity contribution in [2.75, 3.05) is 18.5 Å². The summed E-state index contributed by atoms with van der Waals surface area (Å²) < 4.78 is 10.6. The van der Waals surface area contributed by atoms with Crippen LogP contribution in [0.2, 0.25) is 0 Å². The van der Waals surface area contributed by atoms with E-state index >= 15 is 0 Å². The summed E-state index contributed by atoms with van der Waals surface area (Å²) in [5.74, 6) is 0.219. The van der Waals surface area contributed by atoms with Crippen molar-refractivity contribution < 1.29 is 19.1 Å². The molecule has 0 atom stereocenters. The molecule has 0 radical (unpaired) electrons. The fourth-order valence-electron chi connectivity index (χ4n) is 3.06. The molecule has 0 bridgehead atoms. The Bertz CT molecular complexity index is 845. The number of ether oxygens (including phenoxy) is 2. The highest BCUT2D eigenvalue weighted by atomic mass is 16.6. The lowest BCUT2D eigenvalue weighted by atomic mass is 9.92. The number of hydrogen-bond acceptors (Lipinski definition) is 4. The van der Waals surface area contributed by atoms with Gasteiger partial charge in [-0.3, -0.25) is 4.79 Å². The minimum Gasteiger partial charge on any atom is -0.482 e. The molecule has 1 N–H and O–H groups in total. The number of hydrogen-bond donors (Lipinski definition) is 1. The predicted molar refractivity (Wildman–Crippen MR) is 116 cm³/mol. The van der Waals surface area contributed by atoms with Crippen LogP contribution in [0.5, 0.6) is 5.75 Å². The highest BCUT2D eigenvalue weighted by molar-refractivity contribution is 5.94. The van der Waals surface area contributed by atoms with Gasteiger partial charge in [0.15, 0.2) is 13.2 Å². The van der Waals surface area contributed by atoms with E-state index in [1.54, 1.807) is 0 Å². The molecular formula is C24H31NO4. The largest absolute Gasteiger partial charge is 0.482 e. The third-order valence-corrected chi connectivity index (χ3v) is 4.69. The van der Waals surface area contributed by atoms with Crippen molar-refractivity contribution in [2.24, 2.45) is 0 Å². The van der Waals surface area contributed by atoms with Crippen molar-refractivity contribution in [3.8, 4) is 5.75 Å². The van der Waals surface area contributed by atoms with Crippen molar-refractivity contribution in [2.45, 2.75) is 53.4 Å². The average molecular weight is 398 g/mol. The molecule has 5 nitrogen and oxygen atoms in total. The number of carbonyl (C=O) groups excluding carboxylic acids is 2. The van der Waals surface area contributed by atoms with Crippen LogP contribution < -0.4 is 10.1 Å². The van der Waals surface area contributed by atoms with E-state index in [1.165, 1.54) is 0 Å². The zero-order valence-electron chi connectivity index (χ0n) is 18.2. The Labute approximate surface area is 173 Å². The molecule has 0 aliphatic rings. The molecule has 0 aliphatic heterocycles. The third kappa shape index (κ3) is 6.34. The Morgan fingerprint density at radius 1 is 0.931 bits per heavy atom. The van der Waals surface area contributed by atoms with Gasteiger partial charge in [0.1, 0.15) is 5.75 Å². The standard InChI is InChI=1S/C24H31NO4/c1-15(2)19-8-7-9-20(16(3)4)24(19)25-22(26)13-29-23(27)14-28-21-12-17(5)10-11-18(21)6/h7-12,15-16H,13-14H2,1-6H3,(H,25,26). The molecule has 0 spiro atoms. The summed E-state index contributed by atoms with van der Waals surface area (Å²) in [5.41, 5.74) is 4.92. The van der Waals surface area contributed by atoms with Crippen LogP contribution in [0.25, 0.3) is 0 Å². The number of aryl methyl sites for hydroxylation is 2. The molecule has 0 saturated heterocycles. The van der Waals surface area contributed by atoms with Crippen molar-refractivity contribution in [3.05, 3.63) is 58.7 Å². The molecule has 2 rings (SSSR count). The Hall–Kier alpha value is -2.82. The van der Waals surface area contributed by atoms with Crippen molar-refractivity contribution in [1.29, 1.82) is 0 Å². The second-order valence-electron chi connectivity index (χ2n) is 7.89. The van der Waals surface area contributed by atoms with E-state index < -0.39 is 5.97 Å². The number of amides is 1. The van der Waals surface area contributed by atoms with Crippen molar-refractivity contribution in [1.82, 2.24) is 0 Å². The first-order valence-electron chi connectivity index (χ1n) is 9.97. The number of anilines is 1. The molecule has 0 fully saturated rings. The van der Waals surface area contributed by atoms with Gasteiger partial charge in [0.2, 0.25) is 0 Å². The highest BCUT2D eigenvalue weighted by Crippen LogP contribution is 2.32. The van der Waals surface area contributed by atoms with E-state index in [4.69, 9.17) is 9.47 Å². The van der Waals surface area contributed by atoms with Gasteiger partial charge in [-0.1, -0.05) is 58.0 Å². The molecule has 1 amide bonds. The SMILES string of the molecule is Cc1ccc(C)c(OCC(=O)OCC(=O)Nc2c(C(C)C)cccc2C(C)C)c1. The summed E-state index contributed by atoms with van der Waals surface area (Å²) in [6.45, 7) is 11.6. The first kappa shape index (κ1) is 22.5. The molecule has 2 aromatic carbocycles. The number of benzene rings is 2. The van der Waals surface area contributed by atoms with E-state index in [2.05, 4.69) is 33.0 Å². The van der Waals surface area contributed by atoms with Crippen molar-refractivity contribution in [3.63, 3.8) is 0 Å². The first-order chi connectivity index (χ1) is 13.7. The molecule has 156 valence electrons. The van der Waals surface area contributed by atoms with Crippen LogP contribution >= 0.6 is 0 Å². The Kier molecular flexibility index (Phi) is 7.82. The van der Waals surface area contributed by atoms with E-state index in [1.807, 2.05) is 50.2 Å². The molecule has 0 aliphatic carbocycles. The maximum Gasteiger partial charge on any atom is 0.344 e. The van der Waals surface area contributed by atoms with E-state index in [0.29, 0.717) is 5.75 Å². The van der Waals surface area contributed by atoms with Gasteiger partial charge in [-0.05, 0) is 54.0 Å². The zero-order valence-corrected chi connectivity index (χ0v) is 18.2. The van der Waals surface area contributed by atoms with Gasteiger partial charge in [0.25, 0.3) is 5.91 Å². The maximum absolute atomic E-state index is 12.4. The summed E-state index contributed by atoms with van der Waals surface area (Å²) in [7, 11) is 0. The second kappa shape index (κ2) is 10.1. The molecule has 2 aromatic rings. The Balaban J connectivity index is 1.94. The van der Waals surface area contributed by atoms with Gasteiger partial charge in [-0.2, -0.15) is 0 Å². The molecule has 0 unspecified atom stereocenters. The predicted octanol–water partition coefficient (Wildman–Crippen LogP) is 5.11. The molecule has 29 heavy (non-hydrogen) atoms. The number of para-hydroxylation sites is 1. The number of rotatable bonds is 8. The zero-order chi connectivity index (χ0) is 21.6. The van der Waals surface area contributed by atoms with E-state index in [-0.39, 0.29) is 31.0 Å². The molecule has 0 heterocycles. The van der Waals surface area contributed by atoms with E-state index in [0.717, 1.165) is 27.9 Å². The number of carbonyl (C=O) groups is 2. The normalized spacial score (nSPS) is 10.9. The van der Waals surface area contributed by atoms with Crippen LogP contribution in [-0.2, 0) is 14.3 Å². The summed E-state index contributed by atoms with van der Waals surface area (Å²) in [5, 5.41) is 2.93. The van der Waals surface area contributed by atoms with Gasteiger partial charge >= 0.3 is 5.97 Å². The quantitative estimate of drug-likeness (QED) is 0.629. The summed E-state index contributed by atoms with van der Waals surface area (Å²) in [6.07, 6.45) is 0. The van der Waals surface area contributed by atoms with Gasteiger partial charge in [-0.25, -0.2) is 4.79 Å². The maximum atomic E-state index is 12.4. The minimum absolute atomic E-state index is 0.239. The summed E-state index contributed by atoms with van der Waals surface area (Å²) in [6, 6.07) is 11.8. The minimum atomic E-state index is -0.581. The van der Waals surface area contributed by atoms with Crippen LogP contribution in [0.15, 0.2) is 36.4 Å². The van der Waals surface area contributed by atoms with E-state index in [9.17, 15) is 9.59 Å².